The molecule has 0 saturated heterocycles. The summed E-state index contributed by atoms with van der Waals surface area (Å²) in [7, 11) is 0. The third-order valence-electron chi connectivity index (χ3n) is 3.21. The summed E-state index contributed by atoms with van der Waals surface area (Å²) in [4.78, 5) is 22.1. The van der Waals surface area contributed by atoms with Gasteiger partial charge in [0.05, 0.1) is 11.0 Å². The van der Waals surface area contributed by atoms with Crippen molar-refractivity contribution in [1.29, 1.82) is 0 Å². The standard InChI is InChI=1S/C16H15N3O3S/c1-11(12-5-3-2-4-6-12)17-16(23)18-15(20)13-7-9-14(10-8-13)19(21)22/h2-11H,1H3,(H2,17,18,20,23). The first-order chi connectivity index (χ1) is 11.0. The molecule has 0 aromatic heterocycles. The van der Waals surface area contributed by atoms with Gasteiger partial charge in [-0.05, 0) is 36.8 Å². The van der Waals surface area contributed by atoms with Crippen LogP contribution in [0.2, 0.25) is 0 Å². The number of amides is 1. The van der Waals surface area contributed by atoms with Crippen molar-refractivity contribution >= 4 is 28.9 Å². The maximum atomic E-state index is 12.0. The number of rotatable bonds is 4. The summed E-state index contributed by atoms with van der Waals surface area (Å²) in [6, 6.07) is 14.9. The molecule has 1 unspecified atom stereocenters. The van der Waals surface area contributed by atoms with E-state index in [2.05, 4.69) is 10.6 Å². The van der Waals surface area contributed by atoms with Gasteiger partial charge in [0.2, 0.25) is 0 Å². The number of nitro benzene ring substituents is 1. The van der Waals surface area contributed by atoms with E-state index in [1.54, 1.807) is 0 Å². The Bertz CT molecular complexity index is 717. The third kappa shape index (κ3) is 4.58. The van der Waals surface area contributed by atoms with E-state index < -0.39 is 10.8 Å². The molecule has 23 heavy (non-hydrogen) atoms. The number of hydrogen-bond donors (Lipinski definition) is 2. The highest BCUT2D eigenvalue weighted by Crippen LogP contribution is 2.12. The maximum Gasteiger partial charge on any atom is 0.269 e. The molecule has 2 N–H and O–H groups in total. The molecule has 0 bridgehead atoms. The predicted molar refractivity (Wildman–Crippen MR) is 91.2 cm³/mol. The molecule has 0 spiro atoms. The van der Waals surface area contributed by atoms with E-state index in [0.29, 0.717) is 5.56 Å². The molecule has 7 heteroatoms. The Morgan fingerprint density at radius 1 is 1.13 bits per heavy atom. The van der Waals surface area contributed by atoms with Crippen molar-refractivity contribution < 1.29 is 9.72 Å². The van der Waals surface area contributed by atoms with Crippen molar-refractivity contribution in [3.05, 3.63) is 75.8 Å². The summed E-state index contributed by atoms with van der Waals surface area (Å²) in [5.74, 6) is -0.419. The van der Waals surface area contributed by atoms with Crippen LogP contribution in [0.25, 0.3) is 0 Å². The average Bonchev–Trinajstić information content (AvgIpc) is 2.55. The Morgan fingerprint density at radius 3 is 2.30 bits per heavy atom. The lowest BCUT2D eigenvalue weighted by atomic mass is 10.1. The normalized spacial score (nSPS) is 11.3. The van der Waals surface area contributed by atoms with Crippen LogP contribution in [0.15, 0.2) is 54.6 Å². The van der Waals surface area contributed by atoms with Gasteiger partial charge >= 0.3 is 0 Å². The van der Waals surface area contributed by atoms with E-state index in [1.165, 1.54) is 24.3 Å². The average molecular weight is 329 g/mol. The van der Waals surface area contributed by atoms with Gasteiger partial charge in [-0.15, -0.1) is 0 Å². The Hall–Kier alpha value is -2.80. The summed E-state index contributed by atoms with van der Waals surface area (Å²) in [5, 5.41) is 16.4. The molecule has 0 aliphatic rings. The van der Waals surface area contributed by atoms with Crippen LogP contribution >= 0.6 is 12.2 Å². The minimum Gasteiger partial charge on any atom is -0.356 e. The van der Waals surface area contributed by atoms with E-state index in [1.807, 2.05) is 37.3 Å². The fourth-order valence-electron chi connectivity index (χ4n) is 1.97. The van der Waals surface area contributed by atoms with Gasteiger partial charge in [0.1, 0.15) is 0 Å². The lowest BCUT2D eigenvalue weighted by molar-refractivity contribution is -0.384. The molecule has 2 aromatic carbocycles. The quantitative estimate of drug-likeness (QED) is 0.512. The molecular formula is C16H15N3O3S. The smallest absolute Gasteiger partial charge is 0.269 e. The van der Waals surface area contributed by atoms with Gasteiger partial charge in [0.15, 0.2) is 5.11 Å². The molecule has 0 aliphatic carbocycles. The van der Waals surface area contributed by atoms with Crippen molar-refractivity contribution in [1.82, 2.24) is 10.6 Å². The highest BCUT2D eigenvalue weighted by atomic mass is 32.1. The van der Waals surface area contributed by atoms with Gasteiger partial charge in [-0.25, -0.2) is 0 Å². The molecule has 2 rings (SSSR count). The first-order valence-corrected chi connectivity index (χ1v) is 7.29. The van der Waals surface area contributed by atoms with Crippen LogP contribution in [0.3, 0.4) is 0 Å². The molecule has 0 saturated carbocycles. The topological polar surface area (TPSA) is 84.3 Å². The maximum absolute atomic E-state index is 12.0. The Balaban J connectivity index is 1.94. The van der Waals surface area contributed by atoms with Crippen molar-refractivity contribution in [2.75, 3.05) is 0 Å². The molecule has 2 aromatic rings. The number of benzene rings is 2. The number of non-ortho nitro benzene ring substituents is 1. The van der Waals surface area contributed by atoms with Crippen LogP contribution in [-0.2, 0) is 0 Å². The fraction of sp³-hybridized carbons (Fsp3) is 0.125. The van der Waals surface area contributed by atoms with Crippen LogP contribution in [-0.4, -0.2) is 15.9 Å². The largest absolute Gasteiger partial charge is 0.356 e. The zero-order valence-electron chi connectivity index (χ0n) is 12.4. The minimum absolute atomic E-state index is 0.0548. The number of nitrogens with zero attached hydrogens (tertiary/aromatic N) is 1. The van der Waals surface area contributed by atoms with Crippen LogP contribution in [0.4, 0.5) is 5.69 Å². The first kappa shape index (κ1) is 16.6. The van der Waals surface area contributed by atoms with E-state index in [0.717, 1.165) is 5.56 Å². The van der Waals surface area contributed by atoms with Gasteiger partial charge in [-0.2, -0.15) is 0 Å². The second-order valence-electron chi connectivity index (χ2n) is 4.86. The molecule has 0 heterocycles. The van der Waals surface area contributed by atoms with E-state index in [4.69, 9.17) is 12.2 Å². The van der Waals surface area contributed by atoms with Gasteiger partial charge < -0.3 is 5.32 Å². The Labute approximate surface area is 138 Å². The van der Waals surface area contributed by atoms with Crippen LogP contribution in [0.5, 0.6) is 0 Å². The van der Waals surface area contributed by atoms with Gasteiger partial charge in [0.25, 0.3) is 11.6 Å². The zero-order valence-corrected chi connectivity index (χ0v) is 13.2. The van der Waals surface area contributed by atoms with Gasteiger partial charge in [-0.1, -0.05) is 30.3 Å². The number of carbonyl (C=O) groups is 1. The summed E-state index contributed by atoms with van der Waals surface area (Å²) in [6.07, 6.45) is 0. The number of thiocarbonyl (C=S) groups is 1. The van der Waals surface area contributed by atoms with Crippen LogP contribution < -0.4 is 10.6 Å². The highest BCUT2D eigenvalue weighted by Gasteiger charge is 2.12. The van der Waals surface area contributed by atoms with E-state index in [-0.39, 0.29) is 16.8 Å². The number of carbonyl (C=O) groups excluding carboxylic acids is 1. The molecular weight excluding hydrogens is 314 g/mol. The molecule has 0 fully saturated rings. The molecule has 0 radical (unpaired) electrons. The molecule has 118 valence electrons. The molecule has 0 aliphatic heterocycles. The number of nitrogens with one attached hydrogen (secondary N) is 2. The second kappa shape index (κ2) is 7.46. The minimum atomic E-state index is -0.518. The lowest BCUT2D eigenvalue weighted by Gasteiger charge is -2.16. The van der Waals surface area contributed by atoms with Crippen molar-refractivity contribution in [2.24, 2.45) is 0 Å². The Morgan fingerprint density at radius 2 is 1.74 bits per heavy atom. The highest BCUT2D eigenvalue weighted by molar-refractivity contribution is 7.80. The van der Waals surface area contributed by atoms with Crippen molar-refractivity contribution in [3.63, 3.8) is 0 Å². The van der Waals surface area contributed by atoms with Crippen molar-refractivity contribution in [3.8, 4) is 0 Å². The molecule has 1 atom stereocenters. The zero-order chi connectivity index (χ0) is 16.8. The summed E-state index contributed by atoms with van der Waals surface area (Å²) in [6.45, 7) is 1.93. The van der Waals surface area contributed by atoms with Crippen LogP contribution in [0, 0.1) is 10.1 Å². The van der Waals surface area contributed by atoms with E-state index in [9.17, 15) is 14.9 Å². The number of nitro groups is 1. The fourth-order valence-corrected chi connectivity index (χ4v) is 2.24. The summed E-state index contributed by atoms with van der Waals surface area (Å²) < 4.78 is 0. The van der Waals surface area contributed by atoms with Crippen LogP contribution in [0.1, 0.15) is 28.9 Å². The summed E-state index contributed by atoms with van der Waals surface area (Å²) >= 11 is 5.12. The first-order valence-electron chi connectivity index (χ1n) is 6.88. The second-order valence-corrected chi connectivity index (χ2v) is 5.27. The Kier molecular flexibility index (Phi) is 5.37. The SMILES string of the molecule is CC(NC(=S)NC(=O)c1ccc([N+](=O)[O-])cc1)c1ccccc1. The lowest BCUT2D eigenvalue weighted by Crippen LogP contribution is -2.40. The molecule has 1 amide bonds. The summed E-state index contributed by atoms with van der Waals surface area (Å²) in [5.41, 5.74) is 1.27. The predicted octanol–water partition coefficient (Wildman–Crippen LogP) is 2.96. The van der Waals surface area contributed by atoms with E-state index >= 15 is 0 Å². The third-order valence-corrected chi connectivity index (χ3v) is 3.43. The monoisotopic (exact) mass is 329 g/mol. The van der Waals surface area contributed by atoms with Gasteiger partial charge in [0, 0.05) is 17.7 Å². The van der Waals surface area contributed by atoms with Crippen molar-refractivity contribution in [2.45, 2.75) is 13.0 Å². The number of hydrogen-bond acceptors (Lipinski definition) is 4. The molecule has 6 nitrogen and oxygen atoms in total. The van der Waals surface area contributed by atoms with Gasteiger partial charge in [-0.3, -0.25) is 20.2 Å².